The van der Waals surface area contributed by atoms with Gasteiger partial charge in [-0.05, 0) is 25.1 Å². The van der Waals surface area contributed by atoms with E-state index in [2.05, 4.69) is 20.6 Å². The maximum atomic E-state index is 5.91. The Bertz CT molecular complexity index is 435. The van der Waals surface area contributed by atoms with E-state index in [4.69, 9.17) is 35.4 Å². The number of nitrogens with zero attached hydrogens (tertiary/aromatic N) is 2. The van der Waals surface area contributed by atoms with Gasteiger partial charge in [-0.2, -0.15) is 0 Å². The maximum Gasteiger partial charge on any atom is 0.173 e. The van der Waals surface area contributed by atoms with Crippen LogP contribution in [0.25, 0.3) is 0 Å². The van der Waals surface area contributed by atoms with Crippen molar-refractivity contribution in [1.82, 2.24) is 15.3 Å². The minimum Gasteiger partial charge on any atom is -0.360 e. The standard InChI is InChI=1S/C11H14Cl2N4S/c12-8-6-14-10(9(13)16-8)17-11(18)15-7-4-2-1-3-5-7/h6-7H,1-5H2,(H2,14,15,17,18). The van der Waals surface area contributed by atoms with Crippen LogP contribution >= 0.6 is 35.4 Å². The van der Waals surface area contributed by atoms with Crippen molar-refractivity contribution in [3.05, 3.63) is 16.5 Å². The second-order valence-corrected chi connectivity index (χ2v) is 5.42. The van der Waals surface area contributed by atoms with Crippen molar-refractivity contribution >= 4 is 46.4 Å². The third kappa shape index (κ3) is 3.93. The second kappa shape index (κ2) is 6.50. The Balaban J connectivity index is 1.90. The highest BCUT2D eigenvalue weighted by atomic mass is 35.5. The minimum atomic E-state index is 0.218. The molecule has 2 N–H and O–H groups in total. The Morgan fingerprint density at radius 1 is 1.28 bits per heavy atom. The molecule has 0 unspecified atom stereocenters. The number of nitrogens with one attached hydrogen (secondary N) is 2. The van der Waals surface area contributed by atoms with Crippen molar-refractivity contribution in [2.24, 2.45) is 0 Å². The molecule has 1 aliphatic carbocycles. The van der Waals surface area contributed by atoms with Crippen LogP contribution in [0.2, 0.25) is 10.3 Å². The van der Waals surface area contributed by atoms with Gasteiger partial charge in [0.2, 0.25) is 0 Å². The Labute approximate surface area is 121 Å². The summed E-state index contributed by atoms with van der Waals surface area (Å²) in [4.78, 5) is 7.94. The fraction of sp³-hybridized carbons (Fsp3) is 0.545. The highest BCUT2D eigenvalue weighted by Crippen LogP contribution is 2.19. The maximum absolute atomic E-state index is 5.91. The predicted octanol–water partition coefficient (Wildman–Crippen LogP) is 3.40. The van der Waals surface area contributed by atoms with E-state index in [1.807, 2.05) is 0 Å². The van der Waals surface area contributed by atoms with Crippen molar-refractivity contribution in [1.29, 1.82) is 0 Å². The Hall–Kier alpha value is -0.650. The smallest absolute Gasteiger partial charge is 0.173 e. The molecule has 0 bridgehead atoms. The first-order valence-corrected chi connectivity index (χ1v) is 7.07. The van der Waals surface area contributed by atoms with E-state index in [0.717, 1.165) is 12.8 Å². The summed E-state index contributed by atoms with van der Waals surface area (Å²) in [6.07, 6.45) is 7.55. The molecule has 0 aromatic carbocycles. The molecule has 0 spiro atoms. The number of hydrogen-bond donors (Lipinski definition) is 2. The van der Waals surface area contributed by atoms with Crippen molar-refractivity contribution in [2.75, 3.05) is 5.32 Å². The molecule has 0 amide bonds. The van der Waals surface area contributed by atoms with E-state index in [-0.39, 0.29) is 10.3 Å². The summed E-state index contributed by atoms with van der Waals surface area (Å²) in [5.41, 5.74) is 0. The van der Waals surface area contributed by atoms with E-state index in [0.29, 0.717) is 17.0 Å². The zero-order valence-corrected chi connectivity index (χ0v) is 12.1. The molecule has 18 heavy (non-hydrogen) atoms. The highest BCUT2D eigenvalue weighted by molar-refractivity contribution is 7.80. The summed E-state index contributed by atoms with van der Waals surface area (Å²) in [5, 5.41) is 7.22. The van der Waals surface area contributed by atoms with Gasteiger partial charge >= 0.3 is 0 Å². The molecule has 0 radical (unpaired) electrons. The minimum absolute atomic E-state index is 0.218. The van der Waals surface area contributed by atoms with Crippen molar-refractivity contribution in [3.63, 3.8) is 0 Å². The van der Waals surface area contributed by atoms with Gasteiger partial charge in [0.05, 0.1) is 6.20 Å². The van der Waals surface area contributed by atoms with E-state index in [9.17, 15) is 0 Å². The molecule has 1 aromatic heterocycles. The Kier molecular flexibility index (Phi) is 4.97. The molecule has 0 aliphatic heterocycles. The Morgan fingerprint density at radius 2 is 2.00 bits per heavy atom. The van der Waals surface area contributed by atoms with Crippen LogP contribution in [0.1, 0.15) is 32.1 Å². The summed E-state index contributed by atoms with van der Waals surface area (Å²) >= 11 is 16.8. The van der Waals surface area contributed by atoms with Crippen molar-refractivity contribution in [2.45, 2.75) is 38.1 Å². The van der Waals surface area contributed by atoms with Crippen LogP contribution in [0.5, 0.6) is 0 Å². The summed E-state index contributed by atoms with van der Waals surface area (Å²) < 4.78 is 0. The second-order valence-electron chi connectivity index (χ2n) is 4.27. The SMILES string of the molecule is S=C(Nc1ncc(Cl)nc1Cl)NC1CCCCC1. The monoisotopic (exact) mass is 304 g/mol. The zero-order chi connectivity index (χ0) is 13.0. The Morgan fingerprint density at radius 3 is 2.67 bits per heavy atom. The molecule has 0 atom stereocenters. The fourth-order valence-corrected chi connectivity index (χ4v) is 2.63. The largest absolute Gasteiger partial charge is 0.360 e. The first-order chi connectivity index (χ1) is 8.65. The molecule has 2 rings (SSSR count). The molecular formula is C11H14Cl2N4S. The van der Waals surface area contributed by atoms with Gasteiger partial charge in [-0.1, -0.05) is 42.5 Å². The van der Waals surface area contributed by atoms with E-state index < -0.39 is 0 Å². The van der Waals surface area contributed by atoms with Crippen molar-refractivity contribution in [3.8, 4) is 0 Å². The van der Waals surface area contributed by atoms with Crippen molar-refractivity contribution < 1.29 is 0 Å². The zero-order valence-electron chi connectivity index (χ0n) is 9.75. The van der Waals surface area contributed by atoms with Gasteiger partial charge in [0.15, 0.2) is 16.1 Å². The first kappa shape index (κ1) is 13.8. The van der Waals surface area contributed by atoms with Gasteiger partial charge in [-0.25, -0.2) is 9.97 Å². The molecule has 98 valence electrons. The third-order valence-electron chi connectivity index (χ3n) is 2.87. The average molecular weight is 305 g/mol. The number of rotatable bonds is 2. The van der Waals surface area contributed by atoms with Crippen LogP contribution in [0.3, 0.4) is 0 Å². The van der Waals surface area contributed by atoms with Gasteiger partial charge in [0, 0.05) is 6.04 Å². The van der Waals surface area contributed by atoms with Gasteiger partial charge in [0.25, 0.3) is 0 Å². The molecule has 1 saturated carbocycles. The van der Waals surface area contributed by atoms with E-state index >= 15 is 0 Å². The lowest BCUT2D eigenvalue weighted by molar-refractivity contribution is 0.415. The van der Waals surface area contributed by atoms with E-state index in [1.165, 1.54) is 25.5 Å². The topological polar surface area (TPSA) is 49.8 Å². The highest BCUT2D eigenvalue weighted by Gasteiger charge is 2.15. The predicted molar refractivity (Wildman–Crippen MR) is 78.3 cm³/mol. The lowest BCUT2D eigenvalue weighted by Crippen LogP contribution is -2.39. The van der Waals surface area contributed by atoms with Gasteiger partial charge < -0.3 is 10.6 Å². The summed E-state index contributed by atoms with van der Waals surface area (Å²) in [7, 11) is 0. The molecule has 7 heteroatoms. The molecule has 1 aliphatic rings. The lowest BCUT2D eigenvalue weighted by atomic mass is 9.96. The number of hydrogen-bond acceptors (Lipinski definition) is 3. The number of aromatic nitrogens is 2. The number of anilines is 1. The molecule has 1 aromatic rings. The summed E-state index contributed by atoms with van der Waals surface area (Å²) in [6.45, 7) is 0. The number of halogens is 2. The van der Waals surface area contributed by atoms with Crippen LogP contribution in [-0.4, -0.2) is 21.1 Å². The van der Waals surface area contributed by atoms with Crippen LogP contribution in [-0.2, 0) is 0 Å². The fourth-order valence-electron chi connectivity index (χ4n) is 2.01. The first-order valence-electron chi connectivity index (χ1n) is 5.90. The van der Waals surface area contributed by atoms with Gasteiger partial charge in [0.1, 0.15) is 5.15 Å². The summed E-state index contributed by atoms with van der Waals surface area (Å²) in [5.74, 6) is 0.425. The van der Waals surface area contributed by atoms with Gasteiger partial charge in [-0.15, -0.1) is 0 Å². The third-order valence-corrected chi connectivity index (χ3v) is 3.54. The molecule has 0 saturated heterocycles. The van der Waals surface area contributed by atoms with Crippen LogP contribution in [0.4, 0.5) is 5.82 Å². The quantitative estimate of drug-likeness (QED) is 0.820. The molecule has 1 heterocycles. The van der Waals surface area contributed by atoms with Gasteiger partial charge in [-0.3, -0.25) is 0 Å². The molecule has 4 nitrogen and oxygen atoms in total. The van der Waals surface area contributed by atoms with E-state index in [1.54, 1.807) is 0 Å². The average Bonchev–Trinajstić information content (AvgIpc) is 2.34. The van der Waals surface area contributed by atoms with Crippen LogP contribution < -0.4 is 10.6 Å². The lowest BCUT2D eigenvalue weighted by Gasteiger charge is -2.24. The van der Waals surface area contributed by atoms with Crippen LogP contribution in [0.15, 0.2) is 6.20 Å². The molecule has 1 fully saturated rings. The van der Waals surface area contributed by atoms with Crippen LogP contribution in [0, 0.1) is 0 Å². The number of thiocarbonyl (C=S) groups is 1. The molecular weight excluding hydrogens is 291 g/mol. The summed E-state index contributed by atoms with van der Waals surface area (Å²) in [6, 6.07) is 0.442. The normalized spacial score (nSPS) is 16.3.